The molecule has 0 spiro atoms. The van der Waals surface area contributed by atoms with Crippen molar-refractivity contribution in [2.24, 2.45) is 4.99 Å². The number of halogens is 1. The summed E-state index contributed by atoms with van der Waals surface area (Å²) in [5, 5.41) is 9.25. The minimum atomic E-state index is -0.211. The zero-order valence-electron chi connectivity index (χ0n) is 16.5. The summed E-state index contributed by atoms with van der Waals surface area (Å²) in [7, 11) is 3.91. The average molecular weight is 468 g/mol. The third-order valence-corrected chi connectivity index (χ3v) is 3.91. The first-order valence-corrected chi connectivity index (χ1v) is 8.96. The van der Waals surface area contributed by atoms with E-state index in [0.29, 0.717) is 5.96 Å². The van der Waals surface area contributed by atoms with Gasteiger partial charge in [0, 0.05) is 32.2 Å². The monoisotopic (exact) mass is 468 g/mol. The highest BCUT2D eigenvalue weighted by molar-refractivity contribution is 14.0. The molecular weight excluding hydrogens is 431 g/mol. The highest BCUT2D eigenvalue weighted by Crippen LogP contribution is 2.01. The molecule has 25 heavy (non-hydrogen) atoms. The van der Waals surface area contributed by atoms with E-state index >= 15 is 0 Å². The average Bonchev–Trinajstić information content (AvgIpc) is 2.69. The van der Waals surface area contributed by atoms with Crippen molar-refractivity contribution in [3.8, 4) is 0 Å². The third kappa shape index (κ3) is 12.4. The van der Waals surface area contributed by atoms with E-state index < -0.39 is 0 Å². The number of guanidine groups is 1. The van der Waals surface area contributed by atoms with Crippen molar-refractivity contribution in [1.82, 2.24) is 25.8 Å². The van der Waals surface area contributed by atoms with Gasteiger partial charge in [0.2, 0.25) is 5.91 Å². The summed E-state index contributed by atoms with van der Waals surface area (Å²) in [5.41, 5.74) is -0.211. The smallest absolute Gasteiger partial charge is 0.239 e. The number of hydrogen-bond donors (Lipinski definition) is 3. The van der Waals surface area contributed by atoms with Gasteiger partial charge in [0.25, 0.3) is 0 Å². The van der Waals surface area contributed by atoms with E-state index in [4.69, 9.17) is 0 Å². The van der Waals surface area contributed by atoms with E-state index in [1.165, 1.54) is 19.5 Å². The van der Waals surface area contributed by atoms with Gasteiger partial charge in [-0.1, -0.05) is 0 Å². The summed E-state index contributed by atoms with van der Waals surface area (Å²) in [5.74, 6) is 0.647. The molecule has 0 unspecified atom stereocenters. The Morgan fingerprint density at radius 2 is 1.84 bits per heavy atom. The molecule has 0 bridgehead atoms. The lowest BCUT2D eigenvalue weighted by Gasteiger charge is -2.21. The largest absolute Gasteiger partial charge is 0.356 e. The van der Waals surface area contributed by atoms with E-state index in [1.807, 2.05) is 20.8 Å². The van der Waals surface area contributed by atoms with E-state index in [-0.39, 0.29) is 42.0 Å². The Morgan fingerprint density at radius 1 is 1.12 bits per heavy atom. The van der Waals surface area contributed by atoms with Gasteiger partial charge in [0.1, 0.15) is 0 Å². The molecule has 8 heteroatoms. The quantitative estimate of drug-likeness (QED) is 0.232. The van der Waals surface area contributed by atoms with Crippen LogP contribution in [-0.2, 0) is 4.79 Å². The number of aliphatic imine (C=N–C) groups is 1. The van der Waals surface area contributed by atoms with Crippen LogP contribution in [0.1, 0.15) is 33.6 Å². The molecule has 148 valence electrons. The van der Waals surface area contributed by atoms with Gasteiger partial charge in [-0.25, -0.2) is 0 Å². The molecule has 1 rings (SSSR count). The maximum Gasteiger partial charge on any atom is 0.239 e. The van der Waals surface area contributed by atoms with Crippen molar-refractivity contribution in [1.29, 1.82) is 0 Å². The lowest BCUT2D eigenvalue weighted by Crippen LogP contribution is -2.48. The fraction of sp³-hybridized carbons (Fsp3) is 0.882. The zero-order chi connectivity index (χ0) is 18.0. The first-order valence-electron chi connectivity index (χ1n) is 8.96. The summed E-state index contributed by atoms with van der Waals surface area (Å²) >= 11 is 0. The minimum absolute atomic E-state index is 0. The third-order valence-electron chi connectivity index (χ3n) is 3.91. The van der Waals surface area contributed by atoms with Crippen LogP contribution in [0.2, 0.25) is 0 Å². The first-order chi connectivity index (χ1) is 11.3. The van der Waals surface area contributed by atoms with E-state index in [9.17, 15) is 4.79 Å². The van der Waals surface area contributed by atoms with E-state index in [0.717, 1.165) is 32.6 Å². The van der Waals surface area contributed by atoms with Crippen LogP contribution < -0.4 is 16.0 Å². The van der Waals surface area contributed by atoms with Gasteiger partial charge in [-0.3, -0.25) is 9.79 Å². The molecule has 1 aliphatic heterocycles. The predicted octanol–water partition coefficient (Wildman–Crippen LogP) is 0.712. The van der Waals surface area contributed by atoms with Gasteiger partial charge >= 0.3 is 0 Å². The number of rotatable bonds is 6. The van der Waals surface area contributed by atoms with Crippen molar-refractivity contribution in [3.63, 3.8) is 0 Å². The number of carbonyl (C=O) groups excluding carboxylic acids is 1. The summed E-state index contributed by atoms with van der Waals surface area (Å²) in [6.07, 6.45) is 2.31. The molecule has 0 saturated carbocycles. The van der Waals surface area contributed by atoms with Crippen LogP contribution in [0.15, 0.2) is 4.99 Å². The van der Waals surface area contributed by atoms with Gasteiger partial charge in [0.05, 0.1) is 6.54 Å². The van der Waals surface area contributed by atoms with Crippen LogP contribution in [0.3, 0.4) is 0 Å². The zero-order valence-corrected chi connectivity index (χ0v) is 18.9. The Labute approximate surface area is 170 Å². The summed E-state index contributed by atoms with van der Waals surface area (Å²) < 4.78 is 0. The standard InChI is InChI=1S/C17H36N6O.HI/c1-17(2,3)21-15(24)14-20-16(18-4)19-8-6-10-23-11-7-9-22(5)12-13-23;/h6-14H2,1-5H3,(H,21,24)(H2,18,19,20);1H. The molecule has 1 aliphatic rings. The first kappa shape index (κ1) is 24.4. The molecule has 0 aromatic carbocycles. The molecule has 0 aromatic heterocycles. The van der Waals surface area contributed by atoms with Crippen molar-refractivity contribution in [2.45, 2.75) is 39.2 Å². The second-order valence-corrected chi connectivity index (χ2v) is 7.50. The van der Waals surface area contributed by atoms with Crippen molar-refractivity contribution in [3.05, 3.63) is 0 Å². The van der Waals surface area contributed by atoms with Crippen LogP contribution in [0.25, 0.3) is 0 Å². The van der Waals surface area contributed by atoms with Crippen LogP contribution in [0.5, 0.6) is 0 Å². The second-order valence-electron chi connectivity index (χ2n) is 7.50. The fourth-order valence-corrected chi connectivity index (χ4v) is 2.68. The Morgan fingerprint density at radius 3 is 2.48 bits per heavy atom. The lowest BCUT2D eigenvalue weighted by atomic mass is 10.1. The molecule has 0 atom stereocenters. The summed E-state index contributed by atoms with van der Waals surface area (Å²) in [6.45, 7) is 12.8. The number of carbonyl (C=O) groups is 1. The Hall–Kier alpha value is -0.610. The number of nitrogens with zero attached hydrogens (tertiary/aromatic N) is 3. The molecule has 1 heterocycles. The van der Waals surface area contributed by atoms with Gasteiger partial charge in [-0.05, 0) is 60.3 Å². The highest BCUT2D eigenvalue weighted by Gasteiger charge is 2.14. The van der Waals surface area contributed by atoms with Crippen molar-refractivity contribution in [2.75, 3.05) is 59.9 Å². The van der Waals surface area contributed by atoms with E-state index in [2.05, 4.69) is 37.8 Å². The van der Waals surface area contributed by atoms with Gasteiger partial charge in [-0.2, -0.15) is 0 Å². The maximum absolute atomic E-state index is 11.8. The maximum atomic E-state index is 11.8. The SMILES string of the molecule is CN=C(NCCCN1CCCN(C)CC1)NCC(=O)NC(C)(C)C.I. The number of hydrogen-bond acceptors (Lipinski definition) is 4. The Bertz CT molecular complexity index is 410. The Balaban J connectivity index is 0.00000576. The fourth-order valence-electron chi connectivity index (χ4n) is 2.68. The number of amides is 1. The molecule has 7 nitrogen and oxygen atoms in total. The summed E-state index contributed by atoms with van der Waals surface area (Å²) in [4.78, 5) is 20.9. The summed E-state index contributed by atoms with van der Waals surface area (Å²) in [6, 6.07) is 0. The van der Waals surface area contributed by atoms with Crippen LogP contribution in [0, 0.1) is 0 Å². The van der Waals surface area contributed by atoms with Crippen LogP contribution >= 0.6 is 24.0 Å². The Kier molecular flexibility index (Phi) is 12.4. The molecular formula is C17H37IN6O. The van der Waals surface area contributed by atoms with Crippen molar-refractivity contribution >= 4 is 35.8 Å². The minimum Gasteiger partial charge on any atom is -0.356 e. The molecule has 1 saturated heterocycles. The molecule has 3 N–H and O–H groups in total. The second kappa shape index (κ2) is 12.7. The van der Waals surface area contributed by atoms with Gasteiger partial charge in [-0.15, -0.1) is 24.0 Å². The molecule has 0 aromatic rings. The lowest BCUT2D eigenvalue weighted by molar-refractivity contribution is -0.121. The number of likely N-dealkylation sites (N-methyl/N-ethyl adjacent to an activating group) is 1. The molecule has 1 fully saturated rings. The molecule has 1 amide bonds. The van der Waals surface area contributed by atoms with Gasteiger partial charge < -0.3 is 25.8 Å². The topological polar surface area (TPSA) is 72.0 Å². The normalized spacial score (nSPS) is 17.4. The van der Waals surface area contributed by atoms with Crippen LogP contribution in [-0.4, -0.2) is 87.1 Å². The van der Waals surface area contributed by atoms with E-state index in [1.54, 1.807) is 7.05 Å². The molecule has 0 radical (unpaired) electrons. The van der Waals surface area contributed by atoms with Crippen LogP contribution in [0.4, 0.5) is 0 Å². The van der Waals surface area contributed by atoms with Crippen molar-refractivity contribution < 1.29 is 4.79 Å². The number of nitrogens with one attached hydrogen (secondary N) is 3. The predicted molar refractivity (Wildman–Crippen MR) is 116 cm³/mol. The highest BCUT2D eigenvalue weighted by atomic mass is 127. The van der Waals surface area contributed by atoms with Gasteiger partial charge in [0.15, 0.2) is 5.96 Å². The molecule has 0 aliphatic carbocycles.